The third kappa shape index (κ3) is 2.34. The van der Waals surface area contributed by atoms with Gasteiger partial charge in [0.25, 0.3) is 0 Å². The van der Waals surface area contributed by atoms with Crippen molar-refractivity contribution < 1.29 is 14.3 Å². The third-order valence-corrected chi connectivity index (χ3v) is 1.87. The molecule has 0 saturated carbocycles. The number of rotatable bonds is 3. The molecule has 1 atom stereocenters. The fraction of sp³-hybridized carbons (Fsp3) is 0.500. The van der Waals surface area contributed by atoms with Crippen LogP contribution in [0.15, 0.2) is 24.0 Å². The maximum Gasteiger partial charge on any atom is 0.337 e. The molecule has 0 N–H and O–H groups in total. The van der Waals surface area contributed by atoms with Crippen molar-refractivity contribution in [1.82, 2.24) is 0 Å². The number of esters is 1. The van der Waals surface area contributed by atoms with E-state index in [-0.39, 0.29) is 12.1 Å². The molecule has 0 fully saturated rings. The van der Waals surface area contributed by atoms with Gasteiger partial charge in [-0.25, -0.2) is 4.79 Å². The van der Waals surface area contributed by atoms with Crippen molar-refractivity contribution in [1.29, 1.82) is 0 Å². The van der Waals surface area contributed by atoms with Crippen LogP contribution in [0.1, 0.15) is 20.3 Å². The summed E-state index contributed by atoms with van der Waals surface area (Å²) in [7, 11) is 0. The molecule has 0 aliphatic carbocycles. The van der Waals surface area contributed by atoms with E-state index in [1.807, 2.05) is 6.92 Å². The second-order valence-electron chi connectivity index (χ2n) is 3.04. The lowest BCUT2D eigenvalue weighted by atomic mass is 10.1. The first-order chi connectivity index (χ1) is 6.15. The topological polar surface area (TPSA) is 35.5 Å². The van der Waals surface area contributed by atoms with Gasteiger partial charge in [-0.05, 0) is 19.4 Å². The molecular formula is C10H14O3. The summed E-state index contributed by atoms with van der Waals surface area (Å²) in [4.78, 5) is 11.2. The minimum absolute atomic E-state index is 0.0561. The molecule has 0 saturated heterocycles. The minimum Gasteiger partial charge on any atom is -0.493 e. The van der Waals surface area contributed by atoms with E-state index in [0.717, 1.165) is 5.57 Å². The predicted molar refractivity (Wildman–Crippen MR) is 49.0 cm³/mol. The second-order valence-corrected chi connectivity index (χ2v) is 3.04. The van der Waals surface area contributed by atoms with Gasteiger partial charge in [-0.3, -0.25) is 0 Å². The standard InChI is InChI=1S/C10H14O3/c1-4-12-10(11)8-5-9(7(2)3)13-6-8/h6,9H,2,4-5H2,1,3H3. The van der Waals surface area contributed by atoms with Crippen LogP contribution in [0.3, 0.4) is 0 Å². The van der Waals surface area contributed by atoms with E-state index in [0.29, 0.717) is 18.6 Å². The van der Waals surface area contributed by atoms with E-state index in [1.54, 1.807) is 6.92 Å². The maximum absolute atomic E-state index is 11.2. The van der Waals surface area contributed by atoms with Crippen LogP contribution in [-0.4, -0.2) is 18.7 Å². The molecule has 0 amide bonds. The Labute approximate surface area is 78.0 Å². The van der Waals surface area contributed by atoms with Crippen LogP contribution in [0.25, 0.3) is 0 Å². The molecule has 0 spiro atoms. The smallest absolute Gasteiger partial charge is 0.337 e. The average molecular weight is 182 g/mol. The van der Waals surface area contributed by atoms with Crippen molar-refractivity contribution >= 4 is 5.97 Å². The second kappa shape index (κ2) is 4.12. The molecule has 3 nitrogen and oxygen atoms in total. The van der Waals surface area contributed by atoms with Crippen molar-refractivity contribution in [2.24, 2.45) is 0 Å². The van der Waals surface area contributed by atoms with Crippen molar-refractivity contribution in [3.8, 4) is 0 Å². The molecule has 0 bridgehead atoms. The van der Waals surface area contributed by atoms with E-state index in [2.05, 4.69) is 6.58 Å². The van der Waals surface area contributed by atoms with Gasteiger partial charge >= 0.3 is 5.97 Å². The summed E-state index contributed by atoms with van der Waals surface area (Å²) in [5.74, 6) is -0.286. The minimum atomic E-state index is -0.286. The number of carbonyl (C=O) groups excluding carboxylic acids is 1. The SMILES string of the molecule is C=C(C)C1CC(C(=O)OCC)=CO1. The van der Waals surface area contributed by atoms with Gasteiger partial charge in [0.05, 0.1) is 18.4 Å². The van der Waals surface area contributed by atoms with Crippen LogP contribution in [0.4, 0.5) is 0 Å². The largest absolute Gasteiger partial charge is 0.493 e. The molecule has 1 aliphatic rings. The van der Waals surface area contributed by atoms with Crippen molar-refractivity contribution in [2.75, 3.05) is 6.61 Å². The van der Waals surface area contributed by atoms with E-state index in [4.69, 9.17) is 9.47 Å². The zero-order chi connectivity index (χ0) is 9.84. The molecule has 1 unspecified atom stereocenters. The van der Waals surface area contributed by atoms with E-state index in [1.165, 1.54) is 6.26 Å². The Morgan fingerprint density at radius 2 is 2.54 bits per heavy atom. The average Bonchev–Trinajstić information content (AvgIpc) is 2.52. The summed E-state index contributed by atoms with van der Waals surface area (Å²) in [6, 6.07) is 0. The van der Waals surface area contributed by atoms with Gasteiger partial charge in [0, 0.05) is 6.42 Å². The summed E-state index contributed by atoms with van der Waals surface area (Å²) in [6.07, 6.45) is 1.99. The van der Waals surface area contributed by atoms with Crippen LogP contribution in [0.2, 0.25) is 0 Å². The van der Waals surface area contributed by atoms with Crippen LogP contribution >= 0.6 is 0 Å². The van der Waals surface area contributed by atoms with Gasteiger partial charge in [-0.1, -0.05) is 6.58 Å². The van der Waals surface area contributed by atoms with Crippen molar-refractivity contribution in [3.05, 3.63) is 24.0 Å². The van der Waals surface area contributed by atoms with Gasteiger partial charge in [0.2, 0.25) is 0 Å². The van der Waals surface area contributed by atoms with Crippen LogP contribution in [0.5, 0.6) is 0 Å². The Morgan fingerprint density at radius 1 is 1.85 bits per heavy atom. The zero-order valence-corrected chi connectivity index (χ0v) is 8.00. The first-order valence-electron chi connectivity index (χ1n) is 4.32. The Kier molecular flexibility index (Phi) is 3.12. The lowest BCUT2D eigenvalue weighted by Gasteiger charge is -2.08. The summed E-state index contributed by atoms with van der Waals surface area (Å²) >= 11 is 0. The highest BCUT2D eigenvalue weighted by molar-refractivity contribution is 5.88. The van der Waals surface area contributed by atoms with E-state index < -0.39 is 0 Å². The zero-order valence-electron chi connectivity index (χ0n) is 8.00. The van der Waals surface area contributed by atoms with Gasteiger partial charge in [-0.2, -0.15) is 0 Å². The van der Waals surface area contributed by atoms with Gasteiger partial charge in [0.1, 0.15) is 6.10 Å². The number of ether oxygens (including phenoxy) is 2. The Bertz CT molecular complexity index is 253. The quantitative estimate of drug-likeness (QED) is 0.493. The predicted octanol–water partition coefficient (Wildman–Crippen LogP) is 1.80. The Morgan fingerprint density at radius 3 is 3.00 bits per heavy atom. The van der Waals surface area contributed by atoms with Crippen LogP contribution in [-0.2, 0) is 14.3 Å². The third-order valence-electron chi connectivity index (χ3n) is 1.87. The first kappa shape index (κ1) is 9.84. The number of hydrogen-bond acceptors (Lipinski definition) is 3. The first-order valence-corrected chi connectivity index (χ1v) is 4.32. The highest BCUT2D eigenvalue weighted by Gasteiger charge is 2.24. The normalized spacial score (nSPS) is 20.5. The van der Waals surface area contributed by atoms with Crippen molar-refractivity contribution in [3.63, 3.8) is 0 Å². The summed E-state index contributed by atoms with van der Waals surface area (Å²) in [5, 5.41) is 0. The van der Waals surface area contributed by atoms with Gasteiger partial charge in [-0.15, -0.1) is 0 Å². The molecule has 1 rings (SSSR count). The van der Waals surface area contributed by atoms with Gasteiger partial charge < -0.3 is 9.47 Å². The number of hydrogen-bond donors (Lipinski definition) is 0. The summed E-state index contributed by atoms with van der Waals surface area (Å²) < 4.78 is 10.1. The summed E-state index contributed by atoms with van der Waals surface area (Å²) in [6.45, 7) is 7.83. The van der Waals surface area contributed by atoms with Crippen LogP contribution < -0.4 is 0 Å². The Hall–Kier alpha value is -1.25. The molecule has 0 radical (unpaired) electrons. The highest BCUT2D eigenvalue weighted by atomic mass is 16.5. The van der Waals surface area contributed by atoms with Crippen molar-refractivity contribution in [2.45, 2.75) is 26.4 Å². The molecule has 13 heavy (non-hydrogen) atoms. The number of carbonyl (C=O) groups is 1. The molecule has 0 aromatic heterocycles. The summed E-state index contributed by atoms with van der Waals surface area (Å²) in [5.41, 5.74) is 1.52. The fourth-order valence-corrected chi connectivity index (χ4v) is 1.11. The molecule has 0 aromatic rings. The highest BCUT2D eigenvalue weighted by Crippen LogP contribution is 2.23. The monoisotopic (exact) mass is 182 g/mol. The lowest BCUT2D eigenvalue weighted by Crippen LogP contribution is -2.10. The molecular weight excluding hydrogens is 168 g/mol. The van der Waals surface area contributed by atoms with E-state index in [9.17, 15) is 4.79 Å². The molecule has 72 valence electrons. The van der Waals surface area contributed by atoms with Crippen LogP contribution in [0, 0.1) is 0 Å². The molecule has 3 heteroatoms. The lowest BCUT2D eigenvalue weighted by molar-refractivity contribution is -0.138. The Balaban J connectivity index is 2.48. The van der Waals surface area contributed by atoms with Gasteiger partial charge in [0.15, 0.2) is 0 Å². The molecule has 1 heterocycles. The maximum atomic E-state index is 11.2. The fourth-order valence-electron chi connectivity index (χ4n) is 1.11. The molecule has 0 aromatic carbocycles. The van der Waals surface area contributed by atoms with E-state index >= 15 is 0 Å². The molecule has 1 aliphatic heterocycles.